The Kier molecular flexibility index (Phi) is 3.33. The Balaban J connectivity index is 2.32. The lowest BCUT2D eigenvalue weighted by atomic mass is 10.1. The Morgan fingerprint density at radius 1 is 1.31 bits per heavy atom. The molecule has 2 nitrogen and oxygen atoms in total. The molecule has 0 saturated carbocycles. The minimum absolute atomic E-state index is 0.684. The number of nitriles is 1. The van der Waals surface area contributed by atoms with Gasteiger partial charge in [-0.05, 0) is 12.0 Å². The first-order valence-electron chi connectivity index (χ1n) is 5.28. The van der Waals surface area contributed by atoms with E-state index in [2.05, 4.69) is 30.1 Å². The van der Waals surface area contributed by atoms with E-state index >= 15 is 0 Å². The van der Waals surface area contributed by atoms with Crippen LogP contribution in [0.15, 0.2) is 29.8 Å². The number of hydrogen-bond acceptors (Lipinski definition) is 3. The molecule has 2 rings (SSSR count). The highest BCUT2D eigenvalue weighted by Crippen LogP contribution is 2.24. The molecule has 0 amide bonds. The molecule has 80 valence electrons. The number of nitrogens with zero attached hydrogens (tertiary/aromatic N) is 2. The highest BCUT2D eigenvalue weighted by atomic mass is 32.1. The summed E-state index contributed by atoms with van der Waals surface area (Å²) < 4.78 is 0. The van der Waals surface area contributed by atoms with Crippen LogP contribution in [0.2, 0.25) is 0 Å². The second-order valence-corrected chi connectivity index (χ2v) is 4.44. The van der Waals surface area contributed by atoms with Crippen LogP contribution in [0.25, 0.3) is 11.3 Å². The van der Waals surface area contributed by atoms with Crippen molar-refractivity contribution < 1.29 is 0 Å². The Labute approximate surface area is 99.2 Å². The molecule has 0 radical (unpaired) electrons. The van der Waals surface area contributed by atoms with Gasteiger partial charge in [-0.1, -0.05) is 37.6 Å². The molecule has 1 heterocycles. The van der Waals surface area contributed by atoms with Crippen LogP contribution < -0.4 is 0 Å². The van der Waals surface area contributed by atoms with Crippen LogP contribution >= 0.6 is 11.3 Å². The van der Waals surface area contributed by atoms with Gasteiger partial charge in [0.2, 0.25) is 0 Å². The van der Waals surface area contributed by atoms with E-state index in [1.807, 2.05) is 12.1 Å². The molecule has 0 atom stereocenters. The minimum Gasteiger partial charge on any atom is -0.243 e. The van der Waals surface area contributed by atoms with Gasteiger partial charge < -0.3 is 0 Å². The summed E-state index contributed by atoms with van der Waals surface area (Å²) in [6.07, 6.45) is 2.25. The van der Waals surface area contributed by atoms with Crippen molar-refractivity contribution >= 4 is 11.3 Å². The average molecular weight is 228 g/mol. The zero-order valence-electron chi connectivity index (χ0n) is 9.10. The van der Waals surface area contributed by atoms with E-state index in [9.17, 15) is 0 Å². The number of benzene rings is 1. The second-order valence-electron chi connectivity index (χ2n) is 3.59. The summed E-state index contributed by atoms with van der Waals surface area (Å²) in [5.74, 6) is 0. The molecule has 0 aliphatic carbocycles. The standard InChI is InChI=1S/C13H12N2S/c1-2-3-10-4-6-11(7-5-10)13-12(8-14)16-9-15-13/h4-7,9H,2-3H2,1H3. The predicted octanol–water partition coefficient (Wildman–Crippen LogP) is 3.63. The fraction of sp³-hybridized carbons (Fsp3) is 0.231. The summed E-state index contributed by atoms with van der Waals surface area (Å²) in [4.78, 5) is 4.91. The highest BCUT2D eigenvalue weighted by Gasteiger charge is 2.07. The molecule has 1 aromatic heterocycles. The van der Waals surface area contributed by atoms with Crippen molar-refractivity contribution in [2.45, 2.75) is 19.8 Å². The lowest BCUT2D eigenvalue weighted by molar-refractivity contribution is 0.922. The van der Waals surface area contributed by atoms with Gasteiger partial charge in [0.25, 0.3) is 0 Å². The van der Waals surface area contributed by atoms with E-state index < -0.39 is 0 Å². The molecule has 1 aromatic carbocycles. The zero-order valence-corrected chi connectivity index (χ0v) is 9.92. The number of thiazole rings is 1. The van der Waals surface area contributed by atoms with Crippen LogP contribution in [-0.2, 0) is 6.42 Å². The Bertz CT molecular complexity index is 505. The quantitative estimate of drug-likeness (QED) is 0.804. The van der Waals surface area contributed by atoms with Crippen LogP contribution in [-0.4, -0.2) is 4.98 Å². The van der Waals surface area contributed by atoms with Crippen molar-refractivity contribution in [2.24, 2.45) is 0 Å². The van der Waals surface area contributed by atoms with Crippen LogP contribution in [0.1, 0.15) is 23.8 Å². The van der Waals surface area contributed by atoms with E-state index in [0.29, 0.717) is 4.88 Å². The van der Waals surface area contributed by atoms with E-state index in [1.54, 1.807) is 5.51 Å². The van der Waals surface area contributed by atoms with Gasteiger partial charge >= 0.3 is 0 Å². The second kappa shape index (κ2) is 4.91. The summed E-state index contributed by atoms with van der Waals surface area (Å²) >= 11 is 1.39. The summed E-state index contributed by atoms with van der Waals surface area (Å²) in [5, 5.41) is 8.93. The molecule has 0 aliphatic heterocycles. The van der Waals surface area contributed by atoms with Crippen LogP contribution in [0, 0.1) is 11.3 Å². The molecule has 2 aromatic rings. The fourth-order valence-corrected chi connectivity index (χ4v) is 2.25. The largest absolute Gasteiger partial charge is 0.243 e. The number of aryl methyl sites for hydroxylation is 1. The highest BCUT2D eigenvalue weighted by molar-refractivity contribution is 7.10. The maximum Gasteiger partial charge on any atom is 0.132 e. The number of rotatable bonds is 3. The predicted molar refractivity (Wildman–Crippen MR) is 66.3 cm³/mol. The van der Waals surface area contributed by atoms with Gasteiger partial charge in [-0.3, -0.25) is 0 Å². The molecular formula is C13H12N2S. The molecule has 0 spiro atoms. The SMILES string of the molecule is CCCc1ccc(-c2ncsc2C#N)cc1. The van der Waals surface area contributed by atoms with Crippen molar-refractivity contribution in [3.63, 3.8) is 0 Å². The molecule has 0 N–H and O–H groups in total. The van der Waals surface area contributed by atoms with Crippen molar-refractivity contribution in [1.29, 1.82) is 5.26 Å². The van der Waals surface area contributed by atoms with Gasteiger partial charge in [0, 0.05) is 5.56 Å². The maximum absolute atomic E-state index is 8.93. The first kappa shape index (κ1) is 10.8. The van der Waals surface area contributed by atoms with Gasteiger partial charge in [-0.2, -0.15) is 5.26 Å². The van der Waals surface area contributed by atoms with Crippen molar-refractivity contribution in [1.82, 2.24) is 4.98 Å². The number of aromatic nitrogens is 1. The lowest BCUT2D eigenvalue weighted by Crippen LogP contribution is -1.85. The van der Waals surface area contributed by atoms with Gasteiger partial charge in [-0.25, -0.2) is 4.98 Å². The molecule has 0 fully saturated rings. The maximum atomic E-state index is 8.93. The molecule has 3 heteroatoms. The van der Waals surface area contributed by atoms with Crippen molar-refractivity contribution in [3.8, 4) is 17.3 Å². The molecule has 0 unspecified atom stereocenters. The van der Waals surface area contributed by atoms with Crippen LogP contribution in [0.5, 0.6) is 0 Å². The summed E-state index contributed by atoms with van der Waals surface area (Å²) in [6.45, 7) is 2.17. The summed E-state index contributed by atoms with van der Waals surface area (Å²) in [7, 11) is 0. The third kappa shape index (κ3) is 2.12. The Hall–Kier alpha value is -1.66. The third-order valence-corrected chi connectivity index (χ3v) is 3.17. The zero-order chi connectivity index (χ0) is 11.4. The first-order chi connectivity index (χ1) is 7.85. The summed E-state index contributed by atoms with van der Waals surface area (Å²) in [6, 6.07) is 10.5. The minimum atomic E-state index is 0.684. The van der Waals surface area contributed by atoms with Gasteiger partial charge in [0.05, 0.1) is 11.2 Å². The van der Waals surface area contributed by atoms with Gasteiger partial charge in [-0.15, -0.1) is 11.3 Å². The Morgan fingerprint density at radius 3 is 2.69 bits per heavy atom. The van der Waals surface area contributed by atoms with E-state index in [4.69, 9.17) is 5.26 Å². The van der Waals surface area contributed by atoms with Crippen LogP contribution in [0.3, 0.4) is 0 Å². The fourth-order valence-electron chi connectivity index (χ4n) is 1.65. The van der Waals surface area contributed by atoms with Crippen molar-refractivity contribution in [3.05, 3.63) is 40.2 Å². The normalized spacial score (nSPS) is 10.0. The van der Waals surface area contributed by atoms with E-state index in [0.717, 1.165) is 24.1 Å². The molecule has 0 saturated heterocycles. The Morgan fingerprint density at radius 2 is 2.06 bits per heavy atom. The van der Waals surface area contributed by atoms with Crippen LogP contribution in [0.4, 0.5) is 0 Å². The summed E-state index contributed by atoms with van der Waals surface area (Å²) in [5.41, 5.74) is 4.88. The monoisotopic (exact) mass is 228 g/mol. The van der Waals surface area contributed by atoms with Gasteiger partial charge in [0.1, 0.15) is 10.9 Å². The van der Waals surface area contributed by atoms with Crippen molar-refractivity contribution in [2.75, 3.05) is 0 Å². The van der Waals surface area contributed by atoms with Gasteiger partial charge in [0.15, 0.2) is 0 Å². The molecule has 0 aliphatic rings. The van der Waals surface area contributed by atoms with E-state index in [1.165, 1.54) is 16.9 Å². The average Bonchev–Trinajstić information content (AvgIpc) is 2.78. The molecule has 0 bridgehead atoms. The first-order valence-corrected chi connectivity index (χ1v) is 6.16. The van der Waals surface area contributed by atoms with E-state index in [-0.39, 0.29) is 0 Å². The number of hydrogen-bond donors (Lipinski definition) is 0. The smallest absolute Gasteiger partial charge is 0.132 e. The third-order valence-electron chi connectivity index (χ3n) is 2.44. The molecule has 16 heavy (non-hydrogen) atoms. The molecular weight excluding hydrogens is 216 g/mol. The lowest BCUT2D eigenvalue weighted by Gasteiger charge is -2.01. The topological polar surface area (TPSA) is 36.7 Å².